The first-order valence-corrected chi connectivity index (χ1v) is 6.04. The fourth-order valence-corrected chi connectivity index (χ4v) is 2.73. The van der Waals surface area contributed by atoms with Gasteiger partial charge in [-0.1, -0.05) is 12.8 Å². The van der Waals surface area contributed by atoms with Gasteiger partial charge in [-0.15, -0.1) is 0 Å². The van der Waals surface area contributed by atoms with Crippen molar-refractivity contribution < 1.29 is 9.47 Å². The summed E-state index contributed by atoms with van der Waals surface area (Å²) in [6.45, 7) is 0.650. The molecule has 0 radical (unpaired) electrons. The van der Waals surface area contributed by atoms with Crippen LogP contribution in [0.5, 0.6) is 11.6 Å². The second-order valence-corrected chi connectivity index (χ2v) is 4.62. The van der Waals surface area contributed by atoms with Crippen LogP contribution in [0, 0.1) is 0 Å². The van der Waals surface area contributed by atoms with Crippen molar-refractivity contribution in [3.63, 3.8) is 0 Å². The zero-order chi connectivity index (χ0) is 12.3. The van der Waals surface area contributed by atoms with Gasteiger partial charge in [0.2, 0.25) is 5.88 Å². The standard InChI is InChI=1S/C13H20N2O2/c1-16-11-7-12(17-2)15-8-10(11)13(9-14)5-3-4-6-13/h7-8H,3-6,9,14H2,1-2H3. The molecule has 2 rings (SSSR count). The highest BCUT2D eigenvalue weighted by molar-refractivity contribution is 5.41. The topological polar surface area (TPSA) is 57.4 Å². The van der Waals surface area contributed by atoms with Crippen LogP contribution >= 0.6 is 0 Å². The zero-order valence-electron chi connectivity index (χ0n) is 10.5. The van der Waals surface area contributed by atoms with E-state index in [2.05, 4.69) is 4.98 Å². The maximum absolute atomic E-state index is 5.98. The Morgan fingerprint density at radius 2 is 2.00 bits per heavy atom. The lowest BCUT2D eigenvalue weighted by molar-refractivity contribution is 0.360. The number of methoxy groups -OCH3 is 2. The lowest BCUT2D eigenvalue weighted by Crippen LogP contribution is -2.32. The summed E-state index contributed by atoms with van der Waals surface area (Å²) in [5.74, 6) is 1.42. The van der Waals surface area contributed by atoms with Crippen LogP contribution in [0.3, 0.4) is 0 Å². The van der Waals surface area contributed by atoms with Gasteiger partial charge in [-0.05, 0) is 12.8 Å². The van der Waals surface area contributed by atoms with Crippen molar-refractivity contribution in [3.05, 3.63) is 17.8 Å². The molecule has 1 fully saturated rings. The van der Waals surface area contributed by atoms with Crippen molar-refractivity contribution >= 4 is 0 Å². The van der Waals surface area contributed by atoms with Gasteiger partial charge in [0.05, 0.1) is 14.2 Å². The molecule has 1 saturated carbocycles. The Kier molecular flexibility index (Phi) is 3.52. The summed E-state index contributed by atoms with van der Waals surface area (Å²) in [5.41, 5.74) is 7.15. The Bertz CT molecular complexity index is 387. The van der Waals surface area contributed by atoms with Gasteiger partial charge in [-0.3, -0.25) is 0 Å². The molecule has 4 heteroatoms. The quantitative estimate of drug-likeness (QED) is 0.867. The van der Waals surface area contributed by atoms with Crippen LogP contribution in [0.25, 0.3) is 0 Å². The fraction of sp³-hybridized carbons (Fsp3) is 0.615. The highest BCUT2D eigenvalue weighted by atomic mass is 16.5. The molecular formula is C13H20N2O2. The van der Waals surface area contributed by atoms with Crippen LogP contribution in [0.1, 0.15) is 31.2 Å². The number of ether oxygens (including phenoxy) is 2. The van der Waals surface area contributed by atoms with Gasteiger partial charge >= 0.3 is 0 Å². The van der Waals surface area contributed by atoms with Crippen molar-refractivity contribution in [2.75, 3.05) is 20.8 Å². The van der Waals surface area contributed by atoms with Crippen molar-refractivity contribution in [1.29, 1.82) is 0 Å². The highest BCUT2D eigenvalue weighted by Crippen LogP contribution is 2.44. The molecule has 1 aliphatic rings. The smallest absolute Gasteiger partial charge is 0.216 e. The van der Waals surface area contributed by atoms with E-state index in [0.29, 0.717) is 12.4 Å². The van der Waals surface area contributed by atoms with Gasteiger partial charge in [-0.2, -0.15) is 0 Å². The normalized spacial score (nSPS) is 18.1. The van der Waals surface area contributed by atoms with Gasteiger partial charge in [-0.25, -0.2) is 4.98 Å². The Morgan fingerprint density at radius 1 is 1.29 bits per heavy atom. The van der Waals surface area contributed by atoms with E-state index in [1.807, 2.05) is 12.3 Å². The van der Waals surface area contributed by atoms with E-state index in [9.17, 15) is 0 Å². The van der Waals surface area contributed by atoms with E-state index in [-0.39, 0.29) is 5.41 Å². The molecule has 17 heavy (non-hydrogen) atoms. The lowest BCUT2D eigenvalue weighted by Gasteiger charge is -2.29. The van der Waals surface area contributed by atoms with Gasteiger partial charge in [0.25, 0.3) is 0 Å². The molecule has 0 amide bonds. The van der Waals surface area contributed by atoms with E-state index in [1.165, 1.54) is 12.8 Å². The minimum Gasteiger partial charge on any atom is -0.496 e. The summed E-state index contributed by atoms with van der Waals surface area (Å²) < 4.78 is 10.6. The van der Waals surface area contributed by atoms with E-state index < -0.39 is 0 Å². The predicted molar refractivity (Wildman–Crippen MR) is 66.5 cm³/mol. The summed E-state index contributed by atoms with van der Waals surface area (Å²) >= 11 is 0. The third-order valence-corrected chi connectivity index (χ3v) is 3.79. The molecule has 0 aromatic carbocycles. The fourth-order valence-electron chi connectivity index (χ4n) is 2.73. The van der Waals surface area contributed by atoms with Gasteiger partial charge in [0.1, 0.15) is 5.75 Å². The maximum Gasteiger partial charge on any atom is 0.216 e. The van der Waals surface area contributed by atoms with E-state index in [1.54, 1.807) is 14.2 Å². The second kappa shape index (κ2) is 4.92. The number of rotatable bonds is 4. The van der Waals surface area contributed by atoms with Gasteiger partial charge < -0.3 is 15.2 Å². The minimum absolute atomic E-state index is 0.0462. The molecule has 0 saturated heterocycles. The zero-order valence-corrected chi connectivity index (χ0v) is 10.5. The number of hydrogen-bond donors (Lipinski definition) is 1. The summed E-state index contributed by atoms with van der Waals surface area (Å²) in [7, 11) is 3.28. The van der Waals surface area contributed by atoms with Crippen molar-refractivity contribution in [3.8, 4) is 11.6 Å². The molecule has 4 nitrogen and oxygen atoms in total. The van der Waals surface area contributed by atoms with E-state index >= 15 is 0 Å². The first-order valence-electron chi connectivity index (χ1n) is 6.04. The number of hydrogen-bond acceptors (Lipinski definition) is 4. The Hall–Kier alpha value is -1.29. The largest absolute Gasteiger partial charge is 0.496 e. The van der Waals surface area contributed by atoms with Gasteiger partial charge in [0, 0.05) is 29.8 Å². The molecule has 1 aromatic heterocycles. The Morgan fingerprint density at radius 3 is 2.53 bits per heavy atom. The molecule has 0 aliphatic heterocycles. The Labute approximate surface area is 102 Å². The van der Waals surface area contributed by atoms with Crippen LogP contribution in [0.2, 0.25) is 0 Å². The molecule has 0 unspecified atom stereocenters. The minimum atomic E-state index is 0.0462. The van der Waals surface area contributed by atoms with Crippen LogP contribution in [-0.2, 0) is 5.41 Å². The Balaban J connectivity index is 2.42. The van der Waals surface area contributed by atoms with Crippen molar-refractivity contribution in [2.45, 2.75) is 31.1 Å². The first-order chi connectivity index (χ1) is 8.25. The molecule has 94 valence electrons. The van der Waals surface area contributed by atoms with Crippen LogP contribution in [0.4, 0.5) is 0 Å². The summed E-state index contributed by atoms with van der Waals surface area (Å²) in [4.78, 5) is 4.29. The van der Waals surface area contributed by atoms with E-state index in [0.717, 1.165) is 24.2 Å². The molecule has 2 N–H and O–H groups in total. The molecule has 0 bridgehead atoms. The average molecular weight is 236 g/mol. The second-order valence-electron chi connectivity index (χ2n) is 4.62. The summed E-state index contributed by atoms with van der Waals surface area (Å²) in [6, 6.07) is 1.84. The van der Waals surface area contributed by atoms with Crippen LogP contribution in [-0.4, -0.2) is 25.7 Å². The molecule has 1 aromatic rings. The number of pyridine rings is 1. The summed E-state index contributed by atoms with van der Waals surface area (Å²) in [6.07, 6.45) is 6.55. The lowest BCUT2D eigenvalue weighted by atomic mass is 9.79. The number of nitrogens with zero attached hydrogens (tertiary/aromatic N) is 1. The third-order valence-electron chi connectivity index (χ3n) is 3.79. The summed E-state index contributed by atoms with van der Waals surface area (Å²) in [5, 5.41) is 0. The number of aromatic nitrogens is 1. The first kappa shape index (κ1) is 12.2. The third kappa shape index (κ3) is 2.09. The highest BCUT2D eigenvalue weighted by Gasteiger charge is 2.37. The maximum atomic E-state index is 5.98. The molecule has 1 heterocycles. The molecular weight excluding hydrogens is 216 g/mol. The predicted octanol–water partition coefficient (Wildman–Crippen LogP) is 1.87. The number of nitrogens with two attached hydrogens (primary N) is 1. The molecule has 1 aliphatic carbocycles. The average Bonchev–Trinajstić information content (AvgIpc) is 2.87. The van der Waals surface area contributed by atoms with E-state index in [4.69, 9.17) is 15.2 Å². The monoisotopic (exact) mass is 236 g/mol. The van der Waals surface area contributed by atoms with Crippen LogP contribution < -0.4 is 15.2 Å². The van der Waals surface area contributed by atoms with Crippen LogP contribution in [0.15, 0.2) is 12.3 Å². The van der Waals surface area contributed by atoms with Crippen molar-refractivity contribution in [1.82, 2.24) is 4.98 Å². The van der Waals surface area contributed by atoms with Crippen molar-refractivity contribution in [2.24, 2.45) is 5.73 Å². The molecule has 0 spiro atoms. The SMILES string of the molecule is COc1cc(OC)c(C2(CN)CCCC2)cn1. The van der Waals surface area contributed by atoms with Gasteiger partial charge in [0.15, 0.2) is 0 Å². The molecule has 0 atom stereocenters.